The van der Waals surface area contributed by atoms with Crippen molar-refractivity contribution in [2.45, 2.75) is 26.9 Å². The average Bonchev–Trinajstić information content (AvgIpc) is 3.53. The third-order valence-corrected chi connectivity index (χ3v) is 6.94. The first-order valence-electron chi connectivity index (χ1n) is 13.0. The maximum atomic E-state index is 13.6. The molecule has 0 aliphatic carbocycles. The number of hydrogen-bond donors (Lipinski definition) is 1. The highest BCUT2D eigenvalue weighted by molar-refractivity contribution is 5.85. The summed E-state index contributed by atoms with van der Waals surface area (Å²) in [6.07, 6.45) is 0.700. The topological polar surface area (TPSA) is 112 Å². The summed E-state index contributed by atoms with van der Waals surface area (Å²) < 4.78 is 14.8. The van der Waals surface area contributed by atoms with Crippen molar-refractivity contribution in [1.29, 1.82) is 0 Å². The summed E-state index contributed by atoms with van der Waals surface area (Å²) in [5, 5.41) is 15.1. The van der Waals surface area contributed by atoms with Gasteiger partial charge in [-0.05, 0) is 75.4 Å². The van der Waals surface area contributed by atoms with Crippen molar-refractivity contribution in [1.82, 2.24) is 14.2 Å². The zero-order chi connectivity index (χ0) is 28.7. The zero-order valence-corrected chi connectivity index (χ0v) is 22.6. The highest BCUT2D eigenvalue weighted by Gasteiger charge is 2.17. The molecule has 0 aliphatic rings. The van der Waals surface area contributed by atoms with Crippen molar-refractivity contribution in [3.8, 4) is 23.0 Å². The number of ether oxygens (including phenoxy) is 1. The van der Waals surface area contributed by atoms with Crippen LogP contribution in [0.5, 0.6) is 5.75 Å². The predicted molar refractivity (Wildman–Crippen MR) is 157 cm³/mol. The van der Waals surface area contributed by atoms with E-state index in [1.165, 1.54) is 11.6 Å². The van der Waals surface area contributed by atoms with Gasteiger partial charge in [0.1, 0.15) is 11.3 Å². The number of carboxylic acids is 1. The Balaban J connectivity index is 1.40. The van der Waals surface area contributed by atoms with E-state index in [1.54, 1.807) is 36.5 Å². The number of carbonyl (C=O) groups is 1. The summed E-state index contributed by atoms with van der Waals surface area (Å²) in [7, 11) is 0. The summed E-state index contributed by atoms with van der Waals surface area (Å²) in [6, 6.07) is 25.8. The maximum Gasteiger partial charge on any atom is 0.344 e. The average molecular weight is 547 g/mol. The van der Waals surface area contributed by atoms with Gasteiger partial charge in [-0.15, -0.1) is 0 Å². The maximum absolute atomic E-state index is 13.6. The van der Waals surface area contributed by atoms with Crippen LogP contribution in [0.1, 0.15) is 23.9 Å². The van der Waals surface area contributed by atoms with Gasteiger partial charge in [0.25, 0.3) is 5.56 Å². The molecule has 0 aliphatic heterocycles. The zero-order valence-electron chi connectivity index (χ0n) is 22.6. The van der Waals surface area contributed by atoms with E-state index in [-0.39, 0.29) is 5.56 Å². The van der Waals surface area contributed by atoms with E-state index in [9.17, 15) is 9.59 Å². The minimum Gasteiger partial charge on any atom is -0.479 e. The smallest absolute Gasteiger partial charge is 0.344 e. The number of fused-ring (bicyclic) bond motifs is 2. The molecule has 41 heavy (non-hydrogen) atoms. The molecule has 0 bridgehead atoms. The van der Waals surface area contributed by atoms with Crippen LogP contribution in [0.15, 0.2) is 99.2 Å². The lowest BCUT2D eigenvalue weighted by Gasteiger charge is -2.13. The molecule has 1 N–H and O–H groups in total. The normalized spacial score (nSPS) is 12.4. The fourth-order valence-electron chi connectivity index (χ4n) is 4.85. The molecule has 0 spiro atoms. The number of aryl methyl sites for hydroxylation is 1. The number of rotatable bonds is 7. The first-order chi connectivity index (χ1) is 19.8. The minimum atomic E-state index is -1.03. The van der Waals surface area contributed by atoms with Gasteiger partial charge in [-0.2, -0.15) is 9.78 Å². The van der Waals surface area contributed by atoms with Crippen LogP contribution in [0.3, 0.4) is 0 Å². The monoisotopic (exact) mass is 546 g/mol. The van der Waals surface area contributed by atoms with Crippen molar-refractivity contribution in [3.05, 3.63) is 112 Å². The van der Waals surface area contributed by atoms with Gasteiger partial charge >= 0.3 is 5.97 Å². The predicted octanol–water partition coefficient (Wildman–Crippen LogP) is 5.95. The van der Waals surface area contributed by atoms with E-state index in [0.717, 1.165) is 28.0 Å². The van der Waals surface area contributed by atoms with Crippen LogP contribution in [-0.2, 0) is 4.79 Å². The highest BCUT2D eigenvalue weighted by Crippen LogP contribution is 2.27. The number of para-hydroxylation sites is 2. The van der Waals surface area contributed by atoms with Crippen LogP contribution >= 0.6 is 0 Å². The van der Waals surface area contributed by atoms with Gasteiger partial charge in [-0.1, -0.05) is 30.3 Å². The molecule has 3 aromatic carbocycles. The third kappa shape index (κ3) is 4.78. The van der Waals surface area contributed by atoms with Gasteiger partial charge in [-0.25, -0.2) is 9.78 Å². The van der Waals surface area contributed by atoms with E-state index in [4.69, 9.17) is 19.2 Å². The third-order valence-electron chi connectivity index (χ3n) is 6.94. The van der Waals surface area contributed by atoms with E-state index in [0.29, 0.717) is 33.8 Å². The van der Waals surface area contributed by atoms with Gasteiger partial charge < -0.3 is 18.8 Å². The molecule has 6 rings (SSSR count). The highest BCUT2D eigenvalue weighted by atomic mass is 16.5. The second-order valence-corrected chi connectivity index (χ2v) is 9.72. The SMILES string of the molecule is Cc1cc(C=Nn2c(-c3cc4ccccc4o3)nc3ccccc3c2=O)c(C)n1-c1ccc(O[C@H](C)C(=O)O)cc1. The number of benzene rings is 3. The molecular formula is C32H26N4O5. The summed E-state index contributed by atoms with van der Waals surface area (Å²) in [4.78, 5) is 29.5. The molecule has 0 fully saturated rings. The molecule has 1 atom stereocenters. The molecule has 9 heteroatoms. The quantitative estimate of drug-likeness (QED) is 0.248. The molecule has 0 saturated heterocycles. The van der Waals surface area contributed by atoms with Crippen LogP contribution in [0.4, 0.5) is 0 Å². The fourth-order valence-corrected chi connectivity index (χ4v) is 4.85. The minimum absolute atomic E-state index is 0.303. The molecular weight excluding hydrogens is 520 g/mol. The first kappa shape index (κ1) is 25.8. The Morgan fingerprint density at radius 2 is 1.76 bits per heavy atom. The van der Waals surface area contributed by atoms with Crippen LogP contribution in [0, 0.1) is 13.8 Å². The molecule has 0 saturated carbocycles. The van der Waals surface area contributed by atoms with Gasteiger partial charge in [0.05, 0.1) is 17.1 Å². The van der Waals surface area contributed by atoms with Crippen LogP contribution < -0.4 is 10.3 Å². The number of nitrogens with zero attached hydrogens (tertiary/aromatic N) is 4. The Bertz CT molecular complexity index is 1980. The summed E-state index contributed by atoms with van der Waals surface area (Å²) in [5.74, 6) is 0.186. The summed E-state index contributed by atoms with van der Waals surface area (Å²) in [6.45, 7) is 5.43. The van der Waals surface area contributed by atoms with Crippen molar-refractivity contribution in [2.24, 2.45) is 5.10 Å². The number of aromatic nitrogens is 3. The molecule has 0 unspecified atom stereocenters. The van der Waals surface area contributed by atoms with Crippen LogP contribution in [-0.4, -0.2) is 37.6 Å². The summed E-state index contributed by atoms with van der Waals surface area (Å²) >= 11 is 0. The van der Waals surface area contributed by atoms with Crippen LogP contribution in [0.25, 0.3) is 39.1 Å². The number of furan rings is 1. The number of carboxylic acid groups (broad SMARTS) is 1. The Hall–Kier alpha value is -5.44. The molecule has 6 aromatic rings. The fraction of sp³-hybridized carbons (Fsp3) is 0.125. The summed E-state index contributed by atoms with van der Waals surface area (Å²) in [5.41, 5.74) is 4.51. The number of hydrogen-bond acceptors (Lipinski definition) is 6. The van der Waals surface area contributed by atoms with E-state index >= 15 is 0 Å². The molecule has 204 valence electrons. The molecule has 0 radical (unpaired) electrons. The molecule has 3 aromatic heterocycles. The lowest BCUT2D eigenvalue weighted by atomic mass is 10.2. The van der Waals surface area contributed by atoms with Gasteiger partial charge in [0.15, 0.2) is 11.9 Å². The lowest BCUT2D eigenvalue weighted by molar-refractivity contribution is -0.144. The molecule has 0 amide bonds. The lowest BCUT2D eigenvalue weighted by Crippen LogP contribution is -2.22. The van der Waals surface area contributed by atoms with Gasteiger partial charge in [0, 0.05) is 28.0 Å². The first-order valence-corrected chi connectivity index (χ1v) is 13.0. The largest absolute Gasteiger partial charge is 0.479 e. The Labute approximate surface area is 234 Å². The number of aliphatic carboxylic acids is 1. The van der Waals surface area contributed by atoms with Crippen LogP contribution in [0.2, 0.25) is 0 Å². The standard InChI is InChI=1S/C32H26N4O5/c1-19-16-23(20(2)35(19)24-12-14-25(15-13-24)40-21(3)32(38)39)18-33-36-30(29-17-22-8-4-7-11-28(22)41-29)34-27-10-6-5-9-26(27)31(36)37/h4-18,21H,1-3H3,(H,38,39)/t21-/m1/s1. The van der Waals surface area contributed by atoms with E-state index in [1.807, 2.05) is 73.0 Å². The van der Waals surface area contributed by atoms with Gasteiger partial charge in [-0.3, -0.25) is 4.79 Å². The Morgan fingerprint density at radius 3 is 2.51 bits per heavy atom. The van der Waals surface area contributed by atoms with Crippen molar-refractivity contribution in [2.75, 3.05) is 0 Å². The van der Waals surface area contributed by atoms with Gasteiger partial charge in [0.2, 0.25) is 5.82 Å². The molecule has 9 nitrogen and oxygen atoms in total. The second kappa shape index (κ2) is 10.3. The van der Waals surface area contributed by atoms with Crippen molar-refractivity contribution < 1.29 is 19.1 Å². The van der Waals surface area contributed by atoms with Crippen molar-refractivity contribution >= 4 is 34.1 Å². The Kier molecular flexibility index (Phi) is 6.47. The molecule has 3 heterocycles. The van der Waals surface area contributed by atoms with Crippen molar-refractivity contribution in [3.63, 3.8) is 0 Å². The van der Waals surface area contributed by atoms with E-state index in [2.05, 4.69) is 5.10 Å². The second-order valence-electron chi connectivity index (χ2n) is 9.72. The Morgan fingerprint density at radius 1 is 1.02 bits per heavy atom. The van der Waals surface area contributed by atoms with E-state index < -0.39 is 12.1 Å².